The average molecular weight is 289 g/mol. The quantitative estimate of drug-likeness (QED) is 0.901. The molecule has 0 aliphatic carbocycles. The number of hydrogen-bond donors (Lipinski definition) is 1. The van der Waals surface area contributed by atoms with Gasteiger partial charge in [0.15, 0.2) is 0 Å². The molecule has 0 saturated carbocycles. The van der Waals surface area contributed by atoms with Gasteiger partial charge < -0.3 is 15.0 Å². The van der Waals surface area contributed by atoms with E-state index in [-0.39, 0.29) is 5.60 Å². The first-order chi connectivity index (χ1) is 10.4. The van der Waals surface area contributed by atoms with Crippen molar-refractivity contribution < 1.29 is 4.74 Å². The average Bonchev–Trinajstić information content (AvgIpc) is 2.93. The number of aromatic nitrogens is 1. The number of nitrogens with one attached hydrogen (secondary N) is 1. The standard InChI is InChI=1S/C17H27N3O/c1-2-12-20(11-1)13-14-21-17(6-4-9-18-10-7-17)16-5-3-8-19-15-16/h3,5,8,15,18H,1-2,4,6-7,9-14H2. The molecule has 1 N–H and O–H groups in total. The van der Waals surface area contributed by atoms with Crippen LogP contribution in [0.5, 0.6) is 0 Å². The molecular weight excluding hydrogens is 262 g/mol. The molecular formula is C17H27N3O. The highest BCUT2D eigenvalue weighted by atomic mass is 16.5. The van der Waals surface area contributed by atoms with Gasteiger partial charge in [0, 0.05) is 24.5 Å². The van der Waals surface area contributed by atoms with Crippen LogP contribution in [0.1, 0.15) is 37.7 Å². The molecule has 2 aliphatic rings. The summed E-state index contributed by atoms with van der Waals surface area (Å²) in [6.07, 6.45) is 9.82. The Morgan fingerprint density at radius 2 is 2.10 bits per heavy atom. The van der Waals surface area contributed by atoms with Crippen LogP contribution in [0.3, 0.4) is 0 Å². The number of likely N-dealkylation sites (tertiary alicyclic amines) is 1. The van der Waals surface area contributed by atoms with E-state index in [1.165, 1.54) is 37.9 Å². The highest BCUT2D eigenvalue weighted by Gasteiger charge is 2.34. The lowest BCUT2D eigenvalue weighted by Crippen LogP contribution is -2.34. The highest BCUT2D eigenvalue weighted by Crippen LogP contribution is 2.35. The van der Waals surface area contributed by atoms with E-state index in [0.717, 1.165) is 39.1 Å². The predicted octanol–water partition coefficient (Wildman–Crippen LogP) is 2.16. The molecule has 2 aliphatic heterocycles. The van der Waals surface area contributed by atoms with Crippen molar-refractivity contribution in [2.24, 2.45) is 0 Å². The number of pyridine rings is 1. The zero-order valence-corrected chi connectivity index (χ0v) is 12.9. The Morgan fingerprint density at radius 1 is 1.19 bits per heavy atom. The van der Waals surface area contributed by atoms with E-state index < -0.39 is 0 Å². The first kappa shape index (κ1) is 14.9. The summed E-state index contributed by atoms with van der Waals surface area (Å²) >= 11 is 0. The first-order valence-corrected chi connectivity index (χ1v) is 8.37. The molecule has 2 fully saturated rings. The van der Waals surface area contributed by atoms with Crippen LogP contribution in [0.4, 0.5) is 0 Å². The van der Waals surface area contributed by atoms with Crippen molar-refractivity contribution in [3.05, 3.63) is 30.1 Å². The number of hydrogen-bond acceptors (Lipinski definition) is 4. The molecule has 1 aromatic rings. The van der Waals surface area contributed by atoms with Gasteiger partial charge in [0.25, 0.3) is 0 Å². The largest absolute Gasteiger partial charge is 0.369 e. The minimum atomic E-state index is -0.141. The van der Waals surface area contributed by atoms with Crippen LogP contribution in [0, 0.1) is 0 Å². The fraction of sp³-hybridized carbons (Fsp3) is 0.706. The van der Waals surface area contributed by atoms with Gasteiger partial charge in [-0.15, -0.1) is 0 Å². The molecule has 0 aromatic carbocycles. The van der Waals surface area contributed by atoms with Crippen LogP contribution in [0.15, 0.2) is 24.5 Å². The zero-order valence-electron chi connectivity index (χ0n) is 12.9. The van der Waals surface area contributed by atoms with Crippen LogP contribution < -0.4 is 5.32 Å². The second-order valence-electron chi connectivity index (χ2n) is 6.24. The Kier molecular flexibility index (Phi) is 5.22. The predicted molar refractivity (Wildman–Crippen MR) is 84.3 cm³/mol. The van der Waals surface area contributed by atoms with Crippen LogP contribution in [-0.2, 0) is 10.3 Å². The fourth-order valence-electron chi connectivity index (χ4n) is 3.56. The molecule has 21 heavy (non-hydrogen) atoms. The summed E-state index contributed by atoms with van der Waals surface area (Å²) in [6, 6.07) is 4.20. The highest BCUT2D eigenvalue weighted by molar-refractivity contribution is 5.19. The Labute approximate surface area is 127 Å². The van der Waals surface area contributed by atoms with Gasteiger partial charge in [0.05, 0.1) is 12.2 Å². The Hall–Kier alpha value is -0.970. The molecule has 116 valence electrons. The second-order valence-corrected chi connectivity index (χ2v) is 6.24. The smallest absolute Gasteiger partial charge is 0.0959 e. The number of nitrogens with zero attached hydrogens (tertiary/aromatic N) is 2. The van der Waals surface area contributed by atoms with E-state index in [1.54, 1.807) is 0 Å². The Morgan fingerprint density at radius 3 is 2.90 bits per heavy atom. The topological polar surface area (TPSA) is 37.4 Å². The summed E-state index contributed by atoms with van der Waals surface area (Å²) in [5.74, 6) is 0. The monoisotopic (exact) mass is 289 g/mol. The molecule has 0 spiro atoms. The van der Waals surface area contributed by atoms with Crippen LogP contribution >= 0.6 is 0 Å². The van der Waals surface area contributed by atoms with Gasteiger partial charge >= 0.3 is 0 Å². The van der Waals surface area contributed by atoms with E-state index in [0.29, 0.717) is 0 Å². The normalized spacial score (nSPS) is 27.6. The van der Waals surface area contributed by atoms with Gasteiger partial charge in [-0.1, -0.05) is 6.07 Å². The molecule has 0 radical (unpaired) electrons. The maximum absolute atomic E-state index is 6.48. The van der Waals surface area contributed by atoms with Crippen molar-refractivity contribution in [3.63, 3.8) is 0 Å². The lowest BCUT2D eigenvalue weighted by atomic mass is 9.87. The van der Waals surface area contributed by atoms with Gasteiger partial charge in [-0.05, 0) is 64.3 Å². The molecule has 0 amide bonds. The zero-order chi connectivity index (χ0) is 14.4. The van der Waals surface area contributed by atoms with Gasteiger partial charge in [0.1, 0.15) is 0 Å². The molecule has 3 rings (SSSR count). The van der Waals surface area contributed by atoms with Crippen molar-refractivity contribution in [2.75, 3.05) is 39.3 Å². The van der Waals surface area contributed by atoms with Crippen molar-refractivity contribution in [2.45, 2.75) is 37.7 Å². The number of rotatable bonds is 5. The summed E-state index contributed by atoms with van der Waals surface area (Å²) in [5.41, 5.74) is 1.10. The second kappa shape index (κ2) is 7.34. The molecule has 4 nitrogen and oxygen atoms in total. The molecule has 2 saturated heterocycles. The third-order valence-corrected chi connectivity index (χ3v) is 4.81. The summed E-state index contributed by atoms with van der Waals surface area (Å²) in [5, 5.41) is 3.49. The Balaban J connectivity index is 1.66. The van der Waals surface area contributed by atoms with Crippen molar-refractivity contribution in [1.29, 1.82) is 0 Å². The molecule has 4 heteroatoms. The van der Waals surface area contributed by atoms with E-state index >= 15 is 0 Å². The van der Waals surface area contributed by atoms with Crippen LogP contribution in [0.2, 0.25) is 0 Å². The molecule has 3 heterocycles. The van der Waals surface area contributed by atoms with E-state index in [4.69, 9.17) is 4.74 Å². The third kappa shape index (κ3) is 3.82. The maximum atomic E-state index is 6.48. The molecule has 0 bridgehead atoms. The molecule has 1 unspecified atom stereocenters. The van der Waals surface area contributed by atoms with E-state index in [1.807, 2.05) is 18.5 Å². The van der Waals surface area contributed by atoms with Crippen molar-refractivity contribution >= 4 is 0 Å². The summed E-state index contributed by atoms with van der Waals surface area (Å²) < 4.78 is 6.48. The van der Waals surface area contributed by atoms with Gasteiger partial charge in [-0.2, -0.15) is 0 Å². The van der Waals surface area contributed by atoms with Crippen molar-refractivity contribution in [1.82, 2.24) is 15.2 Å². The van der Waals surface area contributed by atoms with Crippen molar-refractivity contribution in [3.8, 4) is 0 Å². The van der Waals surface area contributed by atoms with Gasteiger partial charge in [-0.25, -0.2) is 0 Å². The first-order valence-electron chi connectivity index (χ1n) is 8.37. The lowest BCUT2D eigenvalue weighted by molar-refractivity contribution is -0.0651. The molecule has 1 atom stereocenters. The Bertz CT molecular complexity index is 409. The van der Waals surface area contributed by atoms with E-state index in [2.05, 4.69) is 21.3 Å². The SMILES string of the molecule is c1cncc(C2(OCCN3CCCC3)CCCNCC2)c1. The van der Waals surface area contributed by atoms with E-state index in [9.17, 15) is 0 Å². The van der Waals surface area contributed by atoms with Crippen LogP contribution in [-0.4, -0.2) is 49.2 Å². The van der Waals surface area contributed by atoms with Crippen LogP contribution in [0.25, 0.3) is 0 Å². The summed E-state index contributed by atoms with van der Waals surface area (Å²) in [6.45, 7) is 6.50. The minimum absolute atomic E-state index is 0.141. The molecule has 1 aromatic heterocycles. The maximum Gasteiger partial charge on any atom is 0.0959 e. The third-order valence-electron chi connectivity index (χ3n) is 4.81. The summed E-state index contributed by atoms with van der Waals surface area (Å²) in [4.78, 5) is 6.83. The fourth-order valence-corrected chi connectivity index (χ4v) is 3.56. The van der Waals surface area contributed by atoms with Gasteiger partial charge in [-0.3, -0.25) is 4.98 Å². The van der Waals surface area contributed by atoms with Gasteiger partial charge in [0.2, 0.25) is 0 Å². The minimum Gasteiger partial charge on any atom is -0.369 e. The summed E-state index contributed by atoms with van der Waals surface area (Å²) in [7, 11) is 0. The lowest BCUT2D eigenvalue weighted by Gasteiger charge is -2.34. The number of ether oxygens (including phenoxy) is 1.